The molecule has 0 N–H and O–H groups in total. The van der Waals surface area contributed by atoms with Crippen LogP contribution in [-0.4, -0.2) is 27.8 Å². The van der Waals surface area contributed by atoms with Crippen LogP contribution in [0.25, 0.3) is 0 Å². The quantitative estimate of drug-likeness (QED) is 0.343. The van der Waals surface area contributed by atoms with Crippen LogP contribution < -0.4 is 5.01 Å². The predicted octanol–water partition coefficient (Wildman–Crippen LogP) is 4.33. The summed E-state index contributed by atoms with van der Waals surface area (Å²) in [6.45, 7) is 3.33. The Balaban J connectivity index is 2.01. The van der Waals surface area contributed by atoms with E-state index in [9.17, 15) is 19.7 Å². The fourth-order valence-electron chi connectivity index (χ4n) is 3.07. The molecule has 0 unspecified atom stereocenters. The summed E-state index contributed by atoms with van der Waals surface area (Å²) in [7, 11) is 0. The van der Waals surface area contributed by atoms with Crippen LogP contribution in [0.15, 0.2) is 60.7 Å². The van der Waals surface area contributed by atoms with Gasteiger partial charge in [0.1, 0.15) is 6.54 Å². The first-order valence-corrected chi connectivity index (χ1v) is 9.16. The summed E-state index contributed by atoms with van der Waals surface area (Å²) in [4.78, 5) is 36.6. The van der Waals surface area contributed by atoms with Crippen molar-refractivity contribution in [2.24, 2.45) is 0 Å². The van der Waals surface area contributed by atoms with Gasteiger partial charge in [-0.05, 0) is 38.1 Å². The number of halogens is 1. The first-order chi connectivity index (χ1) is 13.8. The third-order valence-electron chi connectivity index (χ3n) is 4.49. The average Bonchev–Trinajstić information content (AvgIpc) is 3.04. The molecule has 0 fully saturated rings. The first kappa shape index (κ1) is 20.3. The minimum absolute atomic E-state index is 0.152. The molecule has 0 saturated heterocycles. The Kier molecular flexibility index (Phi) is 5.79. The van der Waals surface area contributed by atoms with Gasteiger partial charge in [0.15, 0.2) is 5.78 Å². The summed E-state index contributed by atoms with van der Waals surface area (Å²) in [6.07, 6.45) is 0. The number of nitrogens with zero attached hydrogens (tertiary/aromatic N) is 3. The van der Waals surface area contributed by atoms with Gasteiger partial charge in [-0.15, -0.1) is 0 Å². The van der Waals surface area contributed by atoms with Crippen molar-refractivity contribution < 1.29 is 14.5 Å². The summed E-state index contributed by atoms with van der Waals surface area (Å²) < 4.78 is 1.64. The van der Waals surface area contributed by atoms with Crippen LogP contribution in [0, 0.1) is 24.0 Å². The minimum Gasteiger partial charge on any atom is -0.292 e. The van der Waals surface area contributed by atoms with E-state index in [-0.39, 0.29) is 28.4 Å². The average molecular weight is 412 g/mol. The number of non-ortho nitro benzene ring substituents is 1. The Bertz CT molecular complexity index is 1090. The number of benzene rings is 2. The molecular formula is C21H18ClN3O4. The Morgan fingerprint density at radius 1 is 1.03 bits per heavy atom. The SMILES string of the molecule is Cc1ccc(C)n1N(CC(=O)c1cccc([N+](=O)[O-])c1)C(=O)c1ccccc1Cl. The largest absolute Gasteiger partial charge is 0.292 e. The van der Waals surface area contributed by atoms with Gasteiger partial charge in [-0.2, -0.15) is 0 Å². The number of Topliss-reactive ketones (excluding diaryl/α,β-unsaturated/α-hetero) is 1. The maximum absolute atomic E-state index is 13.3. The maximum atomic E-state index is 13.3. The summed E-state index contributed by atoms with van der Waals surface area (Å²) in [5.74, 6) is -0.876. The highest BCUT2D eigenvalue weighted by Gasteiger charge is 2.25. The molecule has 148 valence electrons. The van der Waals surface area contributed by atoms with Crippen LogP contribution in [0.5, 0.6) is 0 Å². The number of ketones is 1. The Morgan fingerprint density at radius 2 is 1.69 bits per heavy atom. The van der Waals surface area contributed by atoms with Crippen molar-refractivity contribution in [1.82, 2.24) is 4.68 Å². The molecule has 0 atom stereocenters. The summed E-state index contributed by atoms with van der Waals surface area (Å²) in [6, 6.07) is 15.7. The molecule has 0 spiro atoms. The standard InChI is InChI=1S/C21H18ClN3O4/c1-14-10-11-15(2)24(14)23(21(27)18-8-3-4-9-19(18)22)13-20(26)16-6-5-7-17(12-16)25(28)29/h3-12H,13H2,1-2H3. The first-order valence-electron chi connectivity index (χ1n) is 8.79. The third kappa shape index (κ3) is 4.20. The number of aromatic nitrogens is 1. The number of rotatable bonds is 6. The van der Waals surface area contributed by atoms with E-state index in [1.165, 1.54) is 29.3 Å². The van der Waals surface area contributed by atoms with Crippen molar-refractivity contribution in [3.8, 4) is 0 Å². The number of aryl methyl sites for hydroxylation is 2. The molecule has 0 radical (unpaired) electrons. The lowest BCUT2D eigenvalue weighted by molar-refractivity contribution is -0.384. The Labute approximate surface area is 172 Å². The van der Waals surface area contributed by atoms with Gasteiger partial charge in [0, 0.05) is 29.1 Å². The highest BCUT2D eigenvalue weighted by Crippen LogP contribution is 2.20. The monoisotopic (exact) mass is 411 g/mol. The number of carbonyl (C=O) groups is 2. The third-order valence-corrected chi connectivity index (χ3v) is 4.82. The fourth-order valence-corrected chi connectivity index (χ4v) is 3.29. The smallest absolute Gasteiger partial charge is 0.274 e. The molecule has 0 aliphatic rings. The molecule has 0 bridgehead atoms. The molecule has 2 aromatic carbocycles. The van der Waals surface area contributed by atoms with E-state index < -0.39 is 16.6 Å². The van der Waals surface area contributed by atoms with E-state index in [1.54, 1.807) is 28.9 Å². The van der Waals surface area contributed by atoms with Crippen LogP contribution in [0.4, 0.5) is 5.69 Å². The number of hydrogen-bond donors (Lipinski definition) is 0. The zero-order valence-corrected chi connectivity index (χ0v) is 16.6. The van der Waals surface area contributed by atoms with E-state index in [0.29, 0.717) is 0 Å². The van der Waals surface area contributed by atoms with E-state index in [2.05, 4.69) is 0 Å². The number of hydrogen-bond acceptors (Lipinski definition) is 4. The molecule has 1 aromatic heterocycles. The molecule has 0 saturated carbocycles. The van der Waals surface area contributed by atoms with E-state index in [1.807, 2.05) is 26.0 Å². The van der Waals surface area contributed by atoms with Crippen LogP contribution >= 0.6 is 11.6 Å². The molecule has 7 nitrogen and oxygen atoms in total. The number of amides is 1. The highest BCUT2D eigenvalue weighted by atomic mass is 35.5. The minimum atomic E-state index is -0.566. The van der Waals surface area contributed by atoms with Crippen LogP contribution in [0.1, 0.15) is 32.1 Å². The lowest BCUT2D eigenvalue weighted by Crippen LogP contribution is -2.45. The lowest BCUT2D eigenvalue weighted by atomic mass is 10.1. The topological polar surface area (TPSA) is 85.4 Å². The molecular weight excluding hydrogens is 394 g/mol. The van der Waals surface area contributed by atoms with Gasteiger partial charge in [-0.1, -0.05) is 35.9 Å². The zero-order chi connectivity index (χ0) is 21.1. The molecule has 1 heterocycles. The second-order valence-corrected chi connectivity index (χ2v) is 6.91. The molecule has 0 aliphatic carbocycles. The van der Waals surface area contributed by atoms with Gasteiger partial charge in [0.25, 0.3) is 11.6 Å². The van der Waals surface area contributed by atoms with Gasteiger partial charge >= 0.3 is 0 Å². The molecule has 1 amide bonds. The molecule has 8 heteroatoms. The normalized spacial score (nSPS) is 10.6. The fraction of sp³-hybridized carbons (Fsp3) is 0.143. The van der Waals surface area contributed by atoms with Gasteiger partial charge < -0.3 is 0 Å². The maximum Gasteiger partial charge on any atom is 0.274 e. The number of nitro benzene ring substituents is 1. The van der Waals surface area contributed by atoms with Gasteiger partial charge in [0.05, 0.1) is 15.5 Å². The summed E-state index contributed by atoms with van der Waals surface area (Å²) >= 11 is 6.20. The van der Waals surface area contributed by atoms with Crippen molar-refractivity contribution in [2.45, 2.75) is 13.8 Å². The van der Waals surface area contributed by atoms with Crippen molar-refractivity contribution in [3.63, 3.8) is 0 Å². The van der Waals surface area contributed by atoms with Crippen molar-refractivity contribution in [1.29, 1.82) is 0 Å². The molecule has 3 rings (SSSR count). The zero-order valence-electron chi connectivity index (χ0n) is 15.8. The van der Waals surface area contributed by atoms with E-state index in [4.69, 9.17) is 11.6 Å². The van der Waals surface area contributed by atoms with Crippen LogP contribution in [0.2, 0.25) is 5.02 Å². The van der Waals surface area contributed by atoms with Gasteiger partial charge in [0.2, 0.25) is 0 Å². The van der Waals surface area contributed by atoms with Crippen molar-refractivity contribution >= 4 is 29.0 Å². The summed E-state index contributed by atoms with van der Waals surface area (Å²) in [5.41, 5.74) is 1.74. The number of nitro groups is 1. The summed E-state index contributed by atoms with van der Waals surface area (Å²) in [5, 5.41) is 12.6. The number of carbonyl (C=O) groups excluding carboxylic acids is 2. The molecule has 29 heavy (non-hydrogen) atoms. The van der Waals surface area contributed by atoms with Gasteiger partial charge in [-0.3, -0.25) is 24.4 Å². The van der Waals surface area contributed by atoms with Crippen molar-refractivity contribution in [3.05, 3.63) is 98.3 Å². The Morgan fingerprint density at radius 3 is 2.31 bits per heavy atom. The Hall–Kier alpha value is -3.45. The molecule has 0 aliphatic heterocycles. The lowest BCUT2D eigenvalue weighted by Gasteiger charge is -2.27. The van der Waals surface area contributed by atoms with E-state index in [0.717, 1.165) is 11.4 Å². The highest BCUT2D eigenvalue weighted by molar-refractivity contribution is 6.34. The van der Waals surface area contributed by atoms with Crippen LogP contribution in [-0.2, 0) is 0 Å². The van der Waals surface area contributed by atoms with E-state index >= 15 is 0 Å². The van der Waals surface area contributed by atoms with Crippen molar-refractivity contribution in [2.75, 3.05) is 11.6 Å². The van der Waals surface area contributed by atoms with Gasteiger partial charge in [-0.25, -0.2) is 5.01 Å². The predicted molar refractivity (Wildman–Crippen MR) is 110 cm³/mol. The second kappa shape index (κ2) is 8.28. The van der Waals surface area contributed by atoms with Crippen LogP contribution in [0.3, 0.4) is 0 Å². The molecule has 3 aromatic rings. The second-order valence-electron chi connectivity index (χ2n) is 6.50.